The Bertz CT molecular complexity index is 355. The average Bonchev–Trinajstić information content (AvgIpc) is 2.26. The van der Waals surface area contributed by atoms with Crippen molar-refractivity contribution >= 4 is 17.8 Å². The number of likely N-dealkylation sites (N-methyl/N-ethyl adjacent to an activating group) is 1. The summed E-state index contributed by atoms with van der Waals surface area (Å²) >= 11 is 0. The highest BCUT2D eigenvalue weighted by Crippen LogP contribution is 2.25. The van der Waals surface area contributed by atoms with Gasteiger partial charge in [0.1, 0.15) is 0 Å². The number of hydrogen-bond acceptors (Lipinski definition) is 4. The number of carboxylic acid groups (broad SMARTS) is 1. The van der Waals surface area contributed by atoms with E-state index >= 15 is 0 Å². The topological polar surface area (TPSA) is 95.9 Å². The molecule has 0 aliphatic carbocycles. The van der Waals surface area contributed by atoms with E-state index in [1.165, 1.54) is 19.1 Å². The Morgan fingerprint density at radius 3 is 2.35 bits per heavy atom. The summed E-state index contributed by atoms with van der Waals surface area (Å²) in [6.45, 7) is 4.18. The van der Waals surface area contributed by atoms with Crippen LogP contribution < -0.4 is 5.32 Å². The van der Waals surface area contributed by atoms with Crippen molar-refractivity contribution in [1.29, 1.82) is 0 Å². The molecule has 0 aliphatic rings. The first-order valence-electron chi connectivity index (χ1n) is 6.39. The molecular formula is C13H24N2O5. The van der Waals surface area contributed by atoms with Gasteiger partial charge in [-0.3, -0.25) is 14.4 Å². The number of rotatable bonds is 9. The molecule has 0 unspecified atom stereocenters. The number of aliphatic carboxylic acids is 1. The Labute approximate surface area is 119 Å². The van der Waals surface area contributed by atoms with Gasteiger partial charge >= 0.3 is 5.97 Å². The molecule has 0 spiro atoms. The van der Waals surface area contributed by atoms with Gasteiger partial charge in [-0.15, -0.1) is 0 Å². The lowest BCUT2D eigenvalue weighted by molar-refractivity contribution is -0.141. The summed E-state index contributed by atoms with van der Waals surface area (Å²) in [5.74, 6) is -1.46. The molecule has 2 amide bonds. The van der Waals surface area contributed by atoms with Crippen LogP contribution in [0, 0.1) is 5.41 Å². The van der Waals surface area contributed by atoms with Gasteiger partial charge in [0.2, 0.25) is 11.8 Å². The fourth-order valence-electron chi connectivity index (χ4n) is 1.67. The molecule has 0 aromatic rings. The van der Waals surface area contributed by atoms with E-state index in [0.29, 0.717) is 13.2 Å². The maximum atomic E-state index is 11.9. The van der Waals surface area contributed by atoms with Crippen LogP contribution in [0.2, 0.25) is 0 Å². The van der Waals surface area contributed by atoms with E-state index in [2.05, 4.69) is 5.32 Å². The van der Waals surface area contributed by atoms with Crippen molar-refractivity contribution in [1.82, 2.24) is 10.2 Å². The number of methoxy groups -OCH3 is 1. The quantitative estimate of drug-likeness (QED) is 0.587. The van der Waals surface area contributed by atoms with Gasteiger partial charge in [0.25, 0.3) is 0 Å². The molecular weight excluding hydrogens is 264 g/mol. The number of amides is 2. The minimum absolute atomic E-state index is 0.0499. The van der Waals surface area contributed by atoms with E-state index in [9.17, 15) is 14.4 Å². The minimum atomic E-state index is -0.942. The van der Waals surface area contributed by atoms with Crippen LogP contribution >= 0.6 is 0 Å². The summed E-state index contributed by atoms with van der Waals surface area (Å²) in [7, 11) is 3.06. The first-order valence-corrected chi connectivity index (χ1v) is 6.39. The molecule has 0 radical (unpaired) electrons. The Hall–Kier alpha value is -1.63. The molecule has 0 aromatic carbocycles. The number of hydrogen-bond donors (Lipinski definition) is 2. The predicted octanol–water partition coefficient (Wildman–Crippen LogP) is 0.0984. The smallest absolute Gasteiger partial charge is 0.303 e. The zero-order valence-corrected chi connectivity index (χ0v) is 12.6. The van der Waals surface area contributed by atoms with Crippen molar-refractivity contribution in [3.63, 3.8) is 0 Å². The first-order chi connectivity index (χ1) is 9.18. The molecule has 0 rings (SSSR count). The van der Waals surface area contributed by atoms with Crippen LogP contribution in [-0.4, -0.2) is 61.6 Å². The van der Waals surface area contributed by atoms with E-state index in [-0.39, 0.29) is 31.2 Å². The molecule has 0 saturated carbocycles. The van der Waals surface area contributed by atoms with Crippen LogP contribution in [0.5, 0.6) is 0 Å². The number of ether oxygens (including phenoxy) is 1. The molecule has 7 nitrogen and oxygen atoms in total. The van der Waals surface area contributed by atoms with Crippen LogP contribution in [0.4, 0.5) is 0 Å². The monoisotopic (exact) mass is 288 g/mol. The molecule has 0 heterocycles. The Kier molecular flexibility index (Phi) is 7.83. The highest BCUT2D eigenvalue weighted by molar-refractivity contribution is 5.85. The first kappa shape index (κ1) is 18.4. The van der Waals surface area contributed by atoms with E-state index in [4.69, 9.17) is 9.84 Å². The molecule has 2 N–H and O–H groups in total. The van der Waals surface area contributed by atoms with Crippen LogP contribution in [0.25, 0.3) is 0 Å². The summed E-state index contributed by atoms with van der Waals surface area (Å²) in [6.07, 6.45) is -0.00618. The Morgan fingerprint density at radius 1 is 1.25 bits per heavy atom. The lowest BCUT2D eigenvalue weighted by Gasteiger charge is -2.25. The molecule has 0 aromatic heterocycles. The highest BCUT2D eigenvalue weighted by atomic mass is 16.5. The maximum Gasteiger partial charge on any atom is 0.303 e. The second kappa shape index (κ2) is 8.52. The lowest BCUT2D eigenvalue weighted by Crippen LogP contribution is -2.40. The minimum Gasteiger partial charge on any atom is -0.481 e. The molecule has 0 fully saturated rings. The van der Waals surface area contributed by atoms with Gasteiger partial charge < -0.3 is 20.1 Å². The standard InChI is InChI=1S/C13H24N2O5/c1-13(2,8-12(18)19)7-11(17)15(3)9-10(16)14-5-6-20-4/h5-9H2,1-4H3,(H,14,16)(H,18,19). The Balaban J connectivity index is 4.21. The second-order valence-electron chi connectivity index (χ2n) is 5.50. The van der Waals surface area contributed by atoms with Gasteiger partial charge in [0.15, 0.2) is 0 Å². The normalized spacial score (nSPS) is 11.0. The van der Waals surface area contributed by atoms with Crippen LogP contribution in [-0.2, 0) is 19.1 Å². The van der Waals surface area contributed by atoms with E-state index in [1.54, 1.807) is 13.8 Å². The summed E-state index contributed by atoms with van der Waals surface area (Å²) in [5.41, 5.74) is -0.635. The van der Waals surface area contributed by atoms with E-state index in [0.717, 1.165) is 0 Å². The number of nitrogens with one attached hydrogen (secondary N) is 1. The molecule has 20 heavy (non-hydrogen) atoms. The summed E-state index contributed by atoms with van der Waals surface area (Å²) in [4.78, 5) is 35.4. The van der Waals surface area contributed by atoms with Crippen molar-refractivity contribution < 1.29 is 24.2 Å². The third-order valence-corrected chi connectivity index (χ3v) is 2.69. The van der Waals surface area contributed by atoms with Gasteiger partial charge in [-0.05, 0) is 5.41 Å². The third kappa shape index (κ3) is 8.47. The molecule has 0 bridgehead atoms. The zero-order chi connectivity index (χ0) is 15.8. The van der Waals surface area contributed by atoms with E-state index in [1.807, 2.05) is 0 Å². The predicted molar refractivity (Wildman–Crippen MR) is 73.2 cm³/mol. The summed E-state index contributed by atoms with van der Waals surface area (Å²) in [6, 6.07) is 0. The molecule has 7 heteroatoms. The molecule has 116 valence electrons. The van der Waals surface area contributed by atoms with Crippen LogP contribution in [0.3, 0.4) is 0 Å². The van der Waals surface area contributed by atoms with Gasteiger partial charge in [-0.25, -0.2) is 0 Å². The van der Waals surface area contributed by atoms with Crippen LogP contribution in [0.15, 0.2) is 0 Å². The largest absolute Gasteiger partial charge is 0.481 e. The maximum absolute atomic E-state index is 11.9. The SMILES string of the molecule is COCCNC(=O)CN(C)C(=O)CC(C)(C)CC(=O)O. The summed E-state index contributed by atoms with van der Waals surface area (Å²) < 4.78 is 4.80. The second-order valence-corrected chi connectivity index (χ2v) is 5.50. The number of carboxylic acids is 1. The number of nitrogens with zero attached hydrogens (tertiary/aromatic N) is 1. The zero-order valence-electron chi connectivity index (χ0n) is 12.6. The Morgan fingerprint density at radius 2 is 1.85 bits per heavy atom. The van der Waals surface area contributed by atoms with Crippen LogP contribution in [0.1, 0.15) is 26.7 Å². The molecule has 0 aliphatic heterocycles. The molecule has 0 saturated heterocycles. The number of carbonyl (C=O) groups excluding carboxylic acids is 2. The van der Waals surface area contributed by atoms with Gasteiger partial charge in [-0.1, -0.05) is 13.8 Å². The van der Waals surface area contributed by atoms with Crippen molar-refractivity contribution in [2.45, 2.75) is 26.7 Å². The van der Waals surface area contributed by atoms with Crippen molar-refractivity contribution in [2.75, 3.05) is 33.9 Å². The highest BCUT2D eigenvalue weighted by Gasteiger charge is 2.27. The van der Waals surface area contributed by atoms with Gasteiger partial charge in [0, 0.05) is 27.1 Å². The number of carbonyl (C=O) groups is 3. The van der Waals surface area contributed by atoms with E-state index < -0.39 is 11.4 Å². The van der Waals surface area contributed by atoms with Crippen molar-refractivity contribution in [3.8, 4) is 0 Å². The molecule has 0 atom stereocenters. The van der Waals surface area contributed by atoms with Gasteiger partial charge in [-0.2, -0.15) is 0 Å². The van der Waals surface area contributed by atoms with Gasteiger partial charge in [0.05, 0.1) is 19.6 Å². The average molecular weight is 288 g/mol. The lowest BCUT2D eigenvalue weighted by atomic mass is 9.85. The van der Waals surface area contributed by atoms with Crippen molar-refractivity contribution in [3.05, 3.63) is 0 Å². The summed E-state index contributed by atoms with van der Waals surface area (Å²) in [5, 5.41) is 11.4. The fraction of sp³-hybridized carbons (Fsp3) is 0.769. The fourth-order valence-corrected chi connectivity index (χ4v) is 1.67. The third-order valence-electron chi connectivity index (χ3n) is 2.69. The van der Waals surface area contributed by atoms with Crippen molar-refractivity contribution in [2.24, 2.45) is 5.41 Å².